The molecule has 4 rings (SSSR count). The molecular weight excluding hydrogens is 424 g/mol. The number of phenols is 1. The summed E-state index contributed by atoms with van der Waals surface area (Å²) in [6.07, 6.45) is 5.73. The van der Waals surface area contributed by atoms with Gasteiger partial charge in [-0.05, 0) is 36.5 Å². The largest absolute Gasteiger partial charge is 0.507 e. The van der Waals surface area contributed by atoms with Crippen molar-refractivity contribution in [1.29, 1.82) is 0 Å². The average Bonchev–Trinajstić information content (AvgIpc) is 3.28. The Morgan fingerprint density at radius 1 is 1.17 bits per heavy atom. The molecule has 2 aromatic rings. The van der Waals surface area contributed by atoms with Crippen molar-refractivity contribution in [2.24, 2.45) is 5.73 Å². The lowest BCUT2D eigenvalue weighted by Gasteiger charge is -2.27. The highest BCUT2D eigenvalue weighted by Gasteiger charge is 2.46. The van der Waals surface area contributed by atoms with Crippen molar-refractivity contribution in [2.75, 3.05) is 12.1 Å². The number of aromatic nitrogens is 1. The molecule has 152 valence electrons. The van der Waals surface area contributed by atoms with Gasteiger partial charge in [-0.3, -0.25) is 14.6 Å². The van der Waals surface area contributed by atoms with Crippen molar-refractivity contribution < 1.29 is 19.4 Å². The highest BCUT2D eigenvalue weighted by atomic mass is 32.2. The molecule has 1 aromatic heterocycles. The number of fused-ring (bicyclic) bond motifs is 1. The maximum absolute atomic E-state index is 13.4. The molecule has 0 bridgehead atoms. The third-order valence-corrected chi connectivity index (χ3v) is 6.98. The van der Waals surface area contributed by atoms with Crippen molar-refractivity contribution in [3.05, 3.63) is 71.0 Å². The SMILES string of the molecule is C=C(/C=C\N)N1C(=O)/C(=C2/Sc3c(O)ccc(OC)c3S2)C(=O)N1c1ccncc1. The van der Waals surface area contributed by atoms with Crippen LogP contribution in [-0.4, -0.2) is 34.0 Å². The number of methoxy groups -OCH3 is 1. The Labute approximate surface area is 180 Å². The monoisotopic (exact) mass is 440 g/mol. The first kappa shape index (κ1) is 19.9. The van der Waals surface area contributed by atoms with E-state index in [9.17, 15) is 14.7 Å². The summed E-state index contributed by atoms with van der Waals surface area (Å²) in [7, 11) is 1.52. The predicted octanol–water partition coefficient (Wildman–Crippen LogP) is 2.98. The van der Waals surface area contributed by atoms with Crippen molar-refractivity contribution in [2.45, 2.75) is 9.79 Å². The number of allylic oxidation sites excluding steroid dienone is 1. The van der Waals surface area contributed by atoms with Crippen LogP contribution in [0.15, 0.2) is 80.8 Å². The minimum atomic E-state index is -0.541. The first-order valence-corrected chi connectivity index (χ1v) is 10.3. The van der Waals surface area contributed by atoms with Gasteiger partial charge < -0.3 is 15.6 Å². The van der Waals surface area contributed by atoms with Gasteiger partial charge in [0.05, 0.1) is 32.5 Å². The maximum atomic E-state index is 13.4. The first-order chi connectivity index (χ1) is 14.5. The molecule has 0 radical (unpaired) electrons. The number of amides is 2. The standard InChI is InChI=1S/C20H16N4O4S2/c1-11(5-8-21)23-18(26)15(19(27)24(23)12-6-9-22-10-7-12)20-29-16-13(25)3-4-14(28-2)17(16)30-20/h3-10,25H,1,21H2,2H3/b8-5-,20-15+. The number of rotatable bonds is 4. The van der Waals surface area contributed by atoms with E-state index < -0.39 is 11.8 Å². The summed E-state index contributed by atoms with van der Waals surface area (Å²) in [5.41, 5.74) is 6.13. The lowest BCUT2D eigenvalue weighted by atomic mass is 10.3. The van der Waals surface area contributed by atoms with Gasteiger partial charge in [0, 0.05) is 12.4 Å². The van der Waals surface area contributed by atoms with Crippen molar-refractivity contribution in [1.82, 2.24) is 9.99 Å². The highest BCUT2D eigenvalue weighted by molar-refractivity contribution is 8.25. The number of phenolic OH excluding ortho intramolecular Hbond substituents is 1. The molecule has 2 amide bonds. The number of nitrogens with zero attached hydrogens (tertiary/aromatic N) is 3. The first-order valence-electron chi connectivity index (χ1n) is 8.64. The van der Waals surface area contributed by atoms with Crippen molar-refractivity contribution >= 4 is 41.0 Å². The fourth-order valence-electron chi connectivity index (χ4n) is 3.02. The molecule has 3 heterocycles. The minimum Gasteiger partial charge on any atom is -0.507 e. The van der Waals surface area contributed by atoms with E-state index >= 15 is 0 Å². The molecule has 8 nitrogen and oxygen atoms in total. The van der Waals surface area contributed by atoms with E-state index in [1.165, 1.54) is 59.6 Å². The lowest BCUT2D eigenvalue weighted by Crippen LogP contribution is -2.39. The van der Waals surface area contributed by atoms with Gasteiger partial charge in [-0.2, -0.15) is 0 Å². The van der Waals surface area contributed by atoms with Gasteiger partial charge in [0.2, 0.25) is 0 Å². The molecule has 10 heteroatoms. The Morgan fingerprint density at radius 2 is 1.87 bits per heavy atom. The number of pyridine rings is 1. The molecule has 0 atom stereocenters. The van der Waals surface area contributed by atoms with Crippen LogP contribution in [0.1, 0.15) is 0 Å². The van der Waals surface area contributed by atoms with E-state index in [2.05, 4.69) is 11.6 Å². The maximum Gasteiger partial charge on any atom is 0.284 e. The summed E-state index contributed by atoms with van der Waals surface area (Å²) < 4.78 is 5.81. The van der Waals surface area contributed by atoms with Gasteiger partial charge in [0.15, 0.2) is 0 Å². The highest BCUT2D eigenvalue weighted by Crippen LogP contribution is 2.59. The van der Waals surface area contributed by atoms with E-state index in [0.29, 0.717) is 25.5 Å². The van der Waals surface area contributed by atoms with Gasteiger partial charge in [-0.25, -0.2) is 10.0 Å². The zero-order valence-electron chi connectivity index (χ0n) is 15.7. The number of thioether (sulfide) groups is 2. The number of carbonyl (C=O) groups excluding carboxylic acids is 2. The molecule has 2 aliphatic heterocycles. The van der Waals surface area contributed by atoms with Crippen LogP contribution in [0.5, 0.6) is 11.5 Å². The Balaban J connectivity index is 1.83. The Bertz CT molecular complexity index is 1130. The molecule has 0 saturated carbocycles. The third kappa shape index (κ3) is 3.10. The summed E-state index contributed by atoms with van der Waals surface area (Å²) in [6.45, 7) is 3.86. The van der Waals surface area contributed by atoms with Gasteiger partial charge in [0.25, 0.3) is 11.8 Å². The van der Waals surface area contributed by atoms with Crippen LogP contribution in [0, 0.1) is 0 Å². The number of anilines is 1. The summed E-state index contributed by atoms with van der Waals surface area (Å²) in [4.78, 5) is 31.9. The Kier molecular flexibility index (Phi) is 5.18. The molecule has 30 heavy (non-hydrogen) atoms. The van der Waals surface area contributed by atoms with Crippen LogP contribution < -0.4 is 15.5 Å². The van der Waals surface area contributed by atoms with Crippen LogP contribution in [0.3, 0.4) is 0 Å². The summed E-state index contributed by atoms with van der Waals surface area (Å²) in [5, 5.41) is 12.6. The average molecular weight is 441 g/mol. The molecule has 0 unspecified atom stereocenters. The molecule has 1 fully saturated rings. The number of carbonyl (C=O) groups is 2. The number of aromatic hydroxyl groups is 1. The lowest BCUT2D eigenvalue weighted by molar-refractivity contribution is -0.123. The van der Waals surface area contributed by atoms with Gasteiger partial charge >= 0.3 is 0 Å². The zero-order valence-corrected chi connectivity index (χ0v) is 17.4. The van der Waals surface area contributed by atoms with Crippen molar-refractivity contribution in [3.63, 3.8) is 0 Å². The van der Waals surface area contributed by atoms with Gasteiger partial charge in [-0.1, -0.05) is 30.1 Å². The smallest absolute Gasteiger partial charge is 0.284 e. The summed E-state index contributed by atoms with van der Waals surface area (Å²) in [5.74, 6) is -0.456. The molecule has 0 spiro atoms. The number of hydrogen-bond donors (Lipinski definition) is 2. The number of nitrogens with two attached hydrogens (primary N) is 1. The molecule has 0 aliphatic carbocycles. The number of ether oxygens (including phenoxy) is 1. The normalized spacial score (nSPS) is 18.4. The van der Waals surface area contributed by atoms with Gasteiger partial charge in [0.1, 0.15) is 17.1 Å². The van der Waals surface area contributed by atoms with E-state index in [1.54, 1.807) is 18.2 Å². The predicted molar refractivity (Wildman–Crippen MR) is 114 cm³/mol. The van der Waals surface area contributed by atoms with E-state index in [1.807, 2.05) is 0 Å². The Hall–Kier alpha value is -3.37. The topological polar surface area (TPSA) is 109 Å². The molecular formula is C20H16N4O4S2. The van der Waals surface area contributed by atoms with Crippen LogP contribution >= 0.6 is 23.5 Å². The quantitative estimate of drug-likeness (QED) is 0.424. The second-order valence-corrected chi connectivity index (χ2v) is 8.40. The van der Waals surface area contributed by atoms with Gasteiger partial charge in [-0.15, -0.1) is 0 Å². The van der Waals surface area contributed by atoms with Crippen LogP contribution in [-0.2, 0) is 9.59 Å². The van der Waals surface area contributed by atoms with Crippen LogP contribution in [0.25, 0.3) is 0 Å². The Morgan fingerprint density at radius 3 is 2.53 bits per heavy atom. The molecule has 3 N–H and O–H groups in total. The number of benzene rings is 1. The molecule has 1 saturated heterocycles. The zero-order chi connectivity index (χ0) is 21.4. The van der Waals surface area contributed by atoms with E-state index in [-0.39, 0.29) is 17.0 Å². The summed E-state index contributed by atoms with van der Waals surface area (Å²) in [6, 6.07) is 6.38. The van der Waals surface area contributed by atoms with Crippen LogP contribution in [0.4, 0.5) is 5.69 Å². The van der Waals surface area contributed by atoms with Crippen LogP contribution in [0.2, 0.25) is 0 Å². The number of hydrogen-bond acceptors (Lipinski definition) is 8. The fourth-order valence-corrected chi connectivity index (χ4v) is 5.67. The third-order valence-electron chi connectivity index (χ3n) is 4.35. The number of hydrazine groups is 1. The fraction of sp³-hybridized carbons (Fsp3) is 0.0500. The molecule has 1 aromatic carbocycles. The van der Waals surface area contributed by atoms with E-state index in [4.69, 9.17) is 10.5 Å². The van der Waals surface area contributed by atoms with E-state index in [0.717, 1.165) is 11.8 Å². The molecule has 2 aliphatic rings. The second kappa shape index (κ2) is 7.81. The van der Waals surface area contributed by atoms with Crippen molar-refractivity contribution in [3.8, 4) is 11.5 Å². The summed E-state index contributed by atoms with van der Waals surface area (Å²) >= 11 is 2.36. The second-order valence-electron chi connectivity index (χ2n) is 6.10. The minimum absolute atomic E-state index is 0.0222.